The lowest BCUT2D eigenvalue weighted by atomic mass is 10.0. The molecule has 1 N–H and O–H groups in total. The number of fused-ring (bicyclic) bond motifs is 1. The molecule has 0 radical (unpaired) electrons. The molecule has 1 aliphatic carbocycles. The molecule has 2 aliphatic rings. The summed E-state index contributed by atoms with van der Waals surface area (Å²) in [5.41, 5.74) is 0. The van der Waals surface area contributed by atoms with Crippen molar-refractivity contribution in [3.63, 3.8) is 0 Å². The largest absolute Gasteiger partial charge is 0.480 e. The molecule has 2 heterocycles. The summed E-state index contributed by atoms with van der Waals surface area (Å²) in [7, 11) is 0. The molecule has 21 heavy (non-hydrogen) atoms. The molecule has 7 heteroatoms. The smallest absolute Gasteiger partial charge is 0.317 e. The number of aliphatic carboxylic acids is 1. The standard InChI is InChI=1S/C14H19N3O4/c18-12(19)8-17-6-7-20-13-10(2-3-11(13)17)9-21-14-15-4-1-5-16-14/h1,4-5,10-11,13H,2-3,6-9H2,(H,18,19)/t10-,11+,13-/m1/s1. The number of carboxylic acids is 1. The van der Waals surface area contributed by atoms with Crippen LogP contribution in [0, 0.1) is 5.92 Å². The van der Waals surface area contributed by atoms with Crippen LogP contribution in [0.1, 0.15) is 12.8 Å². The van der Waals surface area contributed by atoms with Gasteiger partial charge < -0.3 is 14.6 Å². The second kappa shape index (κ2) is 6.36. The number of nitrogens with zero attached hydrogens (tertiary/aromatic N) is 3. The lowest BCUT2D eigenvalue weighted by molar-refractivity contribution is -0.143. The van der Waals surface area contributed by atoms with Gasteiger partial charge in [-0.3, -0.25) is 9.69 Å². The van der Waals surface area contributed by atoms with Crippen molar-refractivity contribution in [2.45, 2.75) is 25.0 Å². The van der Waals surface area contributed by atoms with Gasteiger partial charge in [0.2, 0.25) is 0 Å². The number of morpholine rings is 1. The van der Waals surface area contributed by atoms with Crippen molar-refractivity contribution >= 4 is 5.97 Å². The van der Waals surface area contributed by atoms with Crippen molar-refractivity contribution < 1.29 is 19.4 Å². The zero-order chi connectivity index (χ0) is 14.7. The average molecular weight is 293 g/mol. The van der Waals surface area contributed by atoms with Crippen LogP contribution in [0.3, 0.4) is 0 Å². The minimum Gasteiger partial charge on any atom is -0.480 e. The summed E-state index contributed by atoms with van der Waals surface area (Å²) in [5.74, 6) is -0.525. The van der Waals surface area contributed by atoms with E-state index in [1.54, 1.807) is 18.5 Å². The third-order valence-electron chi connectivity index (χ3n) is 4.14. The van der Waals surface area contributed by atoms with E-state index in [-0.39, 0.29) is 24.6 Å². The molecule has 0 spiro atoms. The zero-order valence-electron chi connectivity index (χ0n) is 11.7. The van der Waals surface area contributed by atoms with Crippen LogP contribution in [-0.2, 0) is 9.53 Å². The van der Waals surface area contributed by atoms with Crippen LogP contribution >= 0.6 is 0 Å². The SMILES string of the molecule is O=C(O)CN1CCO[C@@H]2[C@@H](COc3ncccn3)CC[C@@H]21. The summed E-state index contributed by atoms with van der Waals surface area (Å²) in [6.45, 7) is 1.85. The molecular formula is C14H19N3O4. The van der Waals surface area contributed by atoms with Gasteiger partial charge in [-0.1, -0.05) is 0 Å². The molecule has 2 fully saturated rings. The fraction of sp³-hybridized carbons (Fsp3) is 0.643. The maximum atomic E-state index is 10.9. The first-order valence-corrected chi connectivity index (χ1v) is 7.21. The maximum Gasteiger partial charge on any atom is 0.317 e. The van der Waals surface area contributed by atoms with Crippen molar-refractivity contribution in [2.24, 2.45) is 5.92 Å². The number of carbonyl (C=O) groups is 1. The quantitative estimate of drug-likeness (QED) is 0.842. The van der Waals surface area contributed by atoms with Gasteiger partial charge in [-0.2, -0.15) is 0 Å². The van der Waals surface area contributed by atoms with E-state index < -0.39 is 5.97 Å². The monoisotopic (exact) mass is 293 g/mol. The van der Waals surface area contributed by atoms with Gasteiger partial charge in [0.05, 0.1) is 25.9 Å². The van der Waals surface area contributed by atoms with Crippen molar-refractivity contribution in [2.75, 3.05) is 26.3 Å². The third kappa shape index (κ3) is 3.30. The lowest BCUT2D eigenvalue weighted by Crippen LogP contribution is -2.52. The maximum absolute atomic E-state index is 10.9. The molecule has 3 atom stereocenters. The van der Waals surface area contributed by atoms with E-state index in [1.165, 1.54) is 0 Å². The summed E-state index contributed by atoms with van der Waals surface area (Å²) in [6.07, 6.45) is 5.25. The highest BCUT2D eigenvalue weighted by molar-refractivity contribution is 5.69. The van der Waals surface area contributed by atoms with Crippen LogP contribution in [0.15, 0.2) is 18.5 Å². The highest BCUT2D eigenvalue weighted by atomic mass is 16.5. The fourth-order valence-corrected chi connectivity index (χ4v) is 3.23. The zero-order valence-corrected chi connectivity index (χ0v) is 11.7. The summed E-state index contributed by atoms with van der Waals surface area (Å²) in [6, 6.07) is 2.30. The van der Waals surface area contributed by atoms with E-state index in [1.807, 2.05) is 4.90 Å². The topological polar surface area (TPSA) is 84.8 Å². The second-order valence-corrected chi connectivity index (χ2v) is 5.45. The number of hydrogen-bond donors (Lipinski definition) is 1. The van der Waals surface area contributed by atoms with Gasteiger partial charge in [-0.25, -0.2) is 9.97 Å². The van der Waals surface area contributed by atoms with E-state index in [0.29, 0.717) is 25.8 Å². The second-order valence-electron chi connectivity index (χ2n) is 5.45. The molecule has 1 saturated heterocycles. The van der Waals surface area contributed by atoms with Gasteiger partial charge >= 0.3 is 12.0 Å². The summed E-state index contributed by atoms with van der Waals surface area (Å²) in [4.78, 5) is 21.0. The number of rotatable bonds is 5. The first-order chi connectivity index (χ1) is 10.2. The molecule has 114 valence electrons. The van der Waals surface area contributed by atoms with Crippen LogP contribution in [0.4, 0.5) is 0 Å². The highest BCUT2D eigenvalue weighted by Crippen LogP contribution is 2.34. The van der Waals surface area contributed by atoms with Gasteiger partial charge in [0.1, 0.15) is 0 Å². The van der Waals surface area contributed by atoms with Crippen LogP contribution in [0.2, 0.25) is 0 Å². The molecule has 1 aliphatic heterocycles. The van der Waals surface area contributed by atoms with E-state index in [4.69, 9.17) is 14.6 Å². The molecule has 0 unspecified atom stereocenters. The highest BCUT2D eigenvalue weighted by Gasteiger charge is 2.43. The Morgan fingerprint density at radius 3 is 3.00 bits per heavy atom. The van der Waals surface area contributed by atoms with Crippen molar-refractivity contribution in [1.82, 2.24) is 14.9 Å². The van der Waals surface area contributed by atoms with Gasteiger partial charge in [0.15, 0.2) is 0 Å². The minimum atomic E-state index is -0.784. The summed E-state index contributed by atoms with van der Waals surface area (Å²) < 4.78 is 11.5. The predicted octanol–water partition coefficient (Wildman–Crippen LogP) is 0.419. The van der Waals surface area contributed by atoms with Gasteiger partial charge in [0, 0.05) is 30.9 Å². The van der Waals surface area contributed by atoms with E-state index >= 15 is 0 Å². The molecule has 0 aromatic carbocycles. The molecule has 3 rings (SSSR count). The summed E-state index contributed by atoms with van der Waals surface area (Å²) >= 11 is 0. The molecule has 1 aromatic rings. The van der Waals surface area contributed by atoms with Gasteiger partial charge in [0.25, 0.3) is 0 Å². The van der Waals surface area contributed by atoms with E-state index in [2.05, 4.69) is 9.97 Å². The molecule has 1 saturated carbocycles. The molecular weight excluding hydrogens is 274 g/mol. The van der Waals surface area contributed by atoms with Crippen molar-refractivity contribution in [3.8, 4) is 6.01 Å². The lowest BCUT2D eigenvalue weighted by Gasteiger charge is -2.38. The van der Waals surface area contributed by atoms with Crippen LogP contribution in [0.25, 0.3) is 0 Å². The minimum absolute atomic E-state index is 0.0433. The Kier molecular flexibility index (Phi) is 4.31. The third-order valence-corrected chi connectivity index (χ3v) is 4.14. The molecule has 0 bridgehead atoms. The van der Waals surface area contributed by atoms with E-state index in [0.717, 1.165) is 12.8 Å². The predicted molar refractivity (Wildman–Crippen MR) is 73.0 cm³/mol. The Balaban J connectivity index is 1.58. The van der Waals surface area contributed by atoms with Crippen molar-refractivity contribution in [1.29, 1.82) is 0 Å². The van der Waals surface area contributed by atoms with Gasteiger partial charge in [-0.15, -0.1) is 0 Å². The number of hydrogen-bond acceptors (Lipinski definition) is 6. The van der Waals surface area contributed by atoms with Crippen LogP contribution in [0.5, 0.6) is 6.01 Å². The Labute approximate surface area is 122 Å². The average Bonchev–Trinajstić information content (AvgIpc) is 2.90. The fourth-order valence-electron chi connectivity index (χ4n) is 3.23. The Morgan fingerprint density at radius 1 is 1.43 bits per heavy atom. The number of ether oxygens (including phenoxy) is 2. The Hall–Kier alpha value is -1.73. The van der Waals surface area contributed by atoms with Crippen LogP contribution < -0.4 is 4.74 Å². The normalized spacial score (nSPS) is 29.0. The van der Waals surface area contributed by atoms with Gasteiger partial charge in [-0.05, 0) is 18.9 Å². The van der Waals surface area contributed by atoms with Crippen molar-refractivity contribution in [3.05, 3.63) is 18.5 Å². The molecule has 7 nitrogen and oxygen atoms in total. The van der Waals surface area contributed by atoms with E-state index in [9.17, 15) is 4.79 Å². The molecule has 1 aromatic heterocycles. The number of carboxylic acid groups (broad SMARTS) is 1. The Bertz CT molecular complexity index is 484. The first kappa shape index (κ1) is 14.2. The number of aromatic nitrogens is 2. The molecule has 0 amide bonds. The summed E-state index contributed by atoms with van der Waals surface area (Å²) in [5, 5.41) is 8.98. The Morgan fingerprint density at radius 2 is 2.24 bits per heavy atom. The first-order valence-electron chi connectivity index (χ1n) is 7.21. The van der Waals surface area contributed by atoms with Crippen LogP contribution in [-0.4, -0.2) is 64.4 Å².